The van der Waals surface area contributed by atoms with Crippen LogP contribution in [-0.4, -0.2) is 51.5 Å². The molecule has 0 atom stereocenters. The van der Waals surface area contributed by atoms with Crippen LogP contribution < -0.4 is 10.6 Å². The normalized spacial score (nSPS) is 16.5. The highest BCUT2D eigenvalue weighted by Gasteiger charge is 2.15. The van der Waals surface area contributed by atoms with Crippen LogP contribution in [0.25, 0.3) is 0 Å². The molecule has 0 unspecified atom stereocenters. The van der Waals surface area contributed by atoms with Crippen molar-refractivity contribution in [3.63, 3.8) is 0 Å². The third-order valence-corrected chi connectivity index (χ3v) is 2.64. The minimum Gasteiger partial charge on any atom is -0.381 e. The van der Waals surface area contributed by atoms with Crippen LogP contribution in [0.3, 0.4) is 0 Å². The molecule has 1 rings (SSSR count). The van der Waals surface area contributed by atoms with Crippen molar-refractivity contribution in [1.82, 2.24) is 10.6 Å². The number of nitrogens with one attached hydrogen (secondary N) is 2. The van der Waals surface area contributed by atoms with Gasteiger partial charge >= 0.3 is 0 Å². The van der Waals surface area contributed by atoms with Crippen LogP contribution in [0.15, 0.2) is 12.2 Å². The van der Waals surface area contributed by atoms with Crippen LogP contribution in [-0.2, 0) is 14.3 Å². The zero-order valence-corrected chi connectivity index (χ0v) is 11.2. The summed E-state index contributed by atoms with van der Waals surface area (Å²) in [4.78, 5) is 11.6. The fraction of sp³-hybridized carbons (Fsp3) is 0.769. The van der Waals surface area contributed by atoms with Gasteiger partial charge in [0.25, 0.3) is 0 Å². The quantitative estimate of drug-likeness (QED) is 0.489. The second-order valence-corrected chi connectivity index (χ2v) is 4.64. The summed E-state index contributed by atoms with van der Waals surface area (Å²) in [5, 5.41) is 6.04. The highest BCUT2D eigenvalue weighted by molar-refractivity contribution is 5.78. The molecule has 0 aromatic heterocycles. The molecule has 1 fully saturated rings. The van der Waals surface area contributed by atoms with Crippen LogP contribution in [0.1, 0.15) is 19.8 Å². The average molecular weight is 256 g/mol. The smallest absolute Gasteiger partial charge is 0.234 e. The summed E-state index contributed by atoms with van der Waals surface area (Å²) in [6.07, 6.45) is 1.82. The Hall–Kier alpha value is -0.910. The summed E-state index contributed by atoms with van der Waals surface area (Å²) in [5.41, 5.74) is 1.01. The molecule has 1 aliphatic heterocycles. The maximum absolute atomic E-state index is 11.6. The van der Waals surface area contributed by atoms with Crippen molar-refractivity contribution in [2.75, 3.05) is 39.5 Å². The fourth-order valence-electron chi connectivity index (χ4n) is 1.71. The van der Waals surface area contributed by atoms with Crippen molar-refractivity contribution in [2.45, 2.75) is 25.8 Å². The molecule has 1 saturated heterocycles. The second kappa shape index (κ2) is 9.08. The lowest BCUT2D eigenvalue weighted by atomic mass is 10.1. The zero-order chi connectivity index (χ0) is 13.2. The van der Waals surface area contributed by atoms with Gasteiger partial charge in [0.15, 0.2) is 0 Å². The lowest BCUT2D eigenvalue weighted by Crippen LogP contribution is -2.43. The lowest BCUT2D eigenvalue weighted by molar-refractivity contribution is -0.121. The van der Waals surface area contributed by atoms with Gasteiger partial charge in [0.05, 0.1) is 19.8 Å². The number of hydrogen-bond acceptors (Lipinski definition) is 4. The van der Waals surface area contributed by atoms with Crippen molar-refractivity contribution < 1.29 is 14.3 Å². The van der Waals surface area contributed by atoms with E-state index >= 15 is 0 Å². The monoisotopic (exact) mass is 256 g/mol. The first-order valence-corrected chi connectivity index (χ1v) is 6.48. The molecule has 0 aromatic carbocycles. The van der Waals surface area contributed by atoms with Crippen LogP contribution in [0.4, 0.5) is 0 Å². The molecule has 0 aliphatic carbocycles. The SMILES string of the molecule is C=C(C)COCCNCC(=O)NC1CCOCC1. The van der Waals surface area contributed by atoms with Crippen LogP contribution in [0.5, 0.6) is 0 Å². The predicted octanol–water partition coefficient (Wildman–Crippen LogP) is 0.464. The molecule has 0 bridgehead atoms. The Morgan fingerprint density at radius 1 is 1.44 bits per heavy atom. The molecule has 1 aliphatic rings. The van der Waals surface area contributed by atoms with Gasteiger partial charge in [0.2, 0.25) is 5.91 Å². The molecule has 1 heterocycles. The van der Waals surface area contributed by atoms with E-state index in [0.717, 1.165) is 31.6 Å². The number of ether oxygens (including phenoxy) is 2. The third kappa shape index (κ3) is 7.42. The van der Waals surface area contributed by atoms with Gasteiger partial charge in [-0.1, -0.05) is 12.2 Å². The van der Waals surface area contributed by atoms with E-state index in [0.29, 0.717) is 26.3 Å². The Balaban J connectivity index is 1.94. The molecule has 0 spiro atoms. The summed E-state index contributed by atoms with van der Waals surface area (Å²) in [5.74, 6) is 0.0433. The molecule has 2 N–H and O–H groups in total. The zero-order valence-electron chi connectivity index (χ0n) is 11.2. The van der Waals surface area contributed by atoms with E-state index in [1.54, 1.807) is 0 Å². The molecule has 0 aromatic rings. The lowest BCUT2D eigenvalue weighted by Gasteiger charge is -2.23. The highest BCUT2D eigenvalue weighted by atomic mass is 16.5. The molecule has 5 heteroatoms. The number of hydrogen-bond donors (Lipinski definition) is 2. The molecule has 18 heavy (non-hydrogen) atoms. The van der Waals surface area contributed by atoms with Crippen LogP contribution in [0.2, 0.25) is 0 Å². The molecule has 1 amide bonds. The van der Waals surface area contributed by atoms with Crippen molar-refractivity contribution in [3.05, 3.63) is 12.2 Å². The van der Waals surface area contributed by atoms with E-state index in [1.165, 1.54) is 0 Å². The van der Waals surface area contributed by atoms with Gasteiger partial charge in [-0.15, -0.1) is 0 Å². The first-order chi connectivity index (χ1) is 8.68. The molecule has 5 nitrogen and oxygen atoms in total. The van der Waals surface area contributed by atoms with E-state index in [1.807, 2.05) is 6.92 Å². The Bertz CT molecular complexity index is 263. The summed E-state index contributed by atoms with van der Waals surface area (Å²) < 4.78 is 10.6. The number of rotatable bonds is 8. The van der Waals surface area contributed by atoms with Gasteiger partial charge in [-0.3, -0.25) is 4.79 Å². The third-order valence-electron chi connectivity index (χ3n) is 2.64. The Morgan fingerprint density at radius 3 is 2.83 bits per heavy atom. The summed E-state index contributed by atoms with van der Waals surface area (Å²) in [6, 6.07) is 0.271. The van der Waals surface area contributed by atoms with Crippen molar-refractivity contribution in [2.24, 2.45) is 0 Å². The molecular formula is C13H24N2O3. The highest BCUT2D eigenvalue weighted by Crippen LogP contribution is 2.05. The minimum absolute atomic E-state index is 0.0433. The fourth-order valence-corrected chi connectivity index (χ4v) is 1.71. The Labute approximate surface area is 109 Å². The van der Waals surface area contributed by atoms with Crippen LogP contribution in [0, 0.1) is 0 Å². The number of carbonyl (C=O) groups is 1. The van der Waals surface area contributed by atoms with Crippen molar-refractivity contribution in [1.29, 1.82) is 0 Å². The van der Waals surface area contributed by atoms with Crippen molar-refractivity contribution in [3.8, 4) is 0 Å². The van der Waals surface area contributed by atoms with Gasteiger partial charge in [-0.05, 0) is 19.8 Å². The maximum atomic E-state index is 11.6. The van der Waals surface area contributed by atoms with Gasteiger partial charge in [0.1, 0.15) is 0 Å². The number of carbonyl (C=O) groups excluding carboxylic acids is 1. The minimum atomic E-state index is 0.0433. The largest absolute Gasteiger partial charge is 0.381 e. The molecule has 0 radical (unpaired) electrons. The van der Waals surface area contributed by atoms with Gasteiger partial charge in [0, 0.05) is 25.8 Å². The van der Waals surface area contributed by atoms with E-state index in [2.05, 4.69) is 17.2 Å². The van der Waals surface area contributed by atoms with E-state index in [4.69, 9.17) is 9.47 Å². The first kappa shape index (κ1) is 15.1. The van der Waals surface area contributed by atoms with E-state index < -0.39 is 0 Å². The predicted molar refractivity (Wildman–Crippen MR) is 70.5 cm³/mol. The van der Waals surface area contributed by atoms with Crippen LogP contribution >= 0.6 is 0 Å². The van der Waals surface area contributed by atoms with Gasteiger partial charge in [-0.2, -0.15) is 0 Å². The Kier molecular flexibility index (Phi) is 7.64. The molecular weight excluding hydrogens is 232 g/mol. The molecule has 104 valence electrons. The maximum Gasteiger partial charge on any atom is 0.234 e. The standard InChI is InChI=1S/C13H24N2O3/c1-11(2)10-18-8-5-14-9-13(16)15-12-3-6-17-7-4-12/h12,14H,1,3-10H2,2H3,(H,15,16). The summed E-state index contributed by atoms with van der Waals surface area (Å²) in [7, 11) is 0. The summed E-state index contributed by atoms with van der Waals surface area (Å²) in [6.45, 7) is 9.35. The van der Waals surface area contributed by atoms with E-state index in [9.17, 15) is 4.79 Å². The van der Waals surface area contributed by atoms with Gasteiger partial charge in [-0.25, -0.2) is 0 Å². The average Bonchev–Trinajstić information content (AvgIpc) is 2.34. The number of amides is 1. The van der Waals surface area contributed by atoms with Gasteiger partial charge < -0.3 is 20.1 Å². The Morgan fingerprint density at radius 2 is 2.17 bits per heavy atom. The van der Waals surface area contributed by atoms with E-state index in [-0.39, 0.29) is 11.9 Å². The van der Waals surface area contributed by atoms with Crippen molar-refractivity contribution >= 4 is 5.91 Å². The first-order valence-electron chi connectivity index (χ1n) is 6.48. The summed E-state index contributed by atoms with van der Waals surface area (Å²) >= 11 is 0. The second-order valence-electron chi connectivity index (χ2n) is 4.64. The molecule has 0 saturated carbocycles. The topological polar surface area (TPSA) is 59.6 Å².